The topological polar surface area (TPSA) is 81.3 Å². The second-order valence-corrected chi connectivity index (χ2v) is 9.50. The number of nitriles is 1. The molecule has 1 aliphatic rings. The third-order valence-electron chi connectivity index (χ3n) is 6.15. The van der Waals surface area contributed by atoms with Crippen molar-refractivity contribution >= 4 is 22.9 Å². The first-order valence-corrected chi connectivity index (χ1v) is 12.1. The fourth-order valence-electron chi connectivity index (χ4n) is 4.45. The molecule has 5 heteroatoms. The van der Waals surface area contributed by atoms with Gasteiger partial charge in [0.15, 0.2) is 0 Å². The van der Waals surface area contributed by atoms with Crippen LogP contribution in [-0.2, 0) is 6.42 Å². The van der Waals surface area contributed by atoms with Crippen LogP contribution in [0.4, 0.5) is 0 Å². The van der Waals surface area contributed by atoms with Crippen molar-refractivity contribution in [3.8, 4) is 6.07 Å². The number of allylic oxidation sites excluding steroid dienone is 2. The number of hydrogen-bond acceptors (Lipinski definition) is 4. The molecule has 0 unspecified atom stereocenters. The van der Waals surface area contributed by atoms with Crippen molar-refractivity contribution in [3.05, 3.63) is 62.9 Å². The van der Waals surface area contributed by atoms with E-state index in [1.165, 1.54) is 11.3 Å². The van der Waals surface area contributed by atoms with Crippen LogP contribution in [0.25, 0.3) is 5.57 Å². The molecule has 0 aliphatic heterocycles. The summed E-state index contributed by atoms with van der Waals surface area (Å²) in [6, 6.07) is 14.1. The van der Waals surface area contributed by atoms with Gasteiger partial charge in [0, 0.05) is 10.5 Å². The Bertz CT molecular complexity index is 952. The Morgan fingerprint density at radius 2 is 1.97 bits per heavy atom. The second-order valence-electron chi connectivity index (χ2n) is 8.34. The van der Waals surface area contributed by atoms with Gasteiger partial charge in [-0.2, -0.15) is 5.26 Å². The Hall–Kier alpha value is -2.42. The Morgan fingerprint density at radius 1 is 1.19 bits per heavy atom. The van der Waals surface area contributed by atoms with Crippen molar-refractivity contribution in [1.82, 2.24) is 0 Å². The van der Waals surface area contributed by atoms with Crippen molar-refractivity contribution in [1.29, 1.82) is 5.26 Å². The van der Waals surface area contributed by atoms with Crippen LogP contribution in [0.3, 0.4) is 0 Å². The van der Waals surface area contributed by atoms with E-state index < -0.39 is 12.1 Å². The molecule has 1 aromatic carbocycles. The molecular weight excluding hydrogens is 406 g/mol. The lowest BCUT2D eigenvalue weighted by Crippen LogP contribution is -2.02. The molecule has 2 atom stereocenters. The van der Waals surface area contributed by atoms with Gasteiger partial charge in [-0.15, -0.1) is 11.3 Å². The molecule has 0 saturated carbocycles. The molecule has 0 saturated heterocycles. The Labute approximate surface area is 188 Å². The Morgan fingerprint density at radius 3 is 2.61 bits per heavy atom. The number of hydrogen-bond donors (Lipinski definition) is 2. The largest absolute Gasteiger partial charge is 0.477 e. The van der Waals surface area contributed by atoms with E-state index in [0.29, 0.717) is 10.8 Å². The molecular formula is C26H31NO3S. The number of carboxylic acid groups (broad SMARTS) is 1. The van der Waals surface area contributed by atoms with Crippen LogP contribution >= 0.6 is 11.3 Å². The summed E-state index contributed by atoms with van der Waals surface area (Å²) in [7, 11) is 0. The minimum Gasteiger partial charge on any atom is -0.477 e. The van der Waals surface area contributed by atoms with Crippen molar-refractivity contribution in [2.75, 3.05) is 0 Å². The standard InChI is InChI=1S/C26H31NO3S/c1-2-3-4-8-23(28)18-9-11-20(12-10-18)25-19(13-14-21(25)17-27)6-5-7-22-15-16-24(31-22)26(29)30/h9-12,15-16,19,23,28H,2-8,13-14H2,1H3,(H,29,30)/t19-,23+/m0/s1. The van der Waals surface area contributed by atoms with Gasteiger partial charge in [0.05, 0.1) is 12.2 Å². The van der Waals surface area contributed by atoms with Crippen LogP contribution in [0.1, 0.15) is 90.1 Å². The van der Waals surface area contributed by atoms with Crippen molar-refractivity contribution in [2.45, 2.75) is 70.8 Å². The zero-order valence-corrected chi connectivity index (χ0v) is 19.0. The first-order valence-electron chi connectivity index (χ1n) is 11.3. The van der Waals surface area contributed by atoms with Crippen LogP contribution in [0, 0.1) is 17.2 Å². The Balaban J connectivity index is 1.63. The molecule has 31 heavy (non-hydrogen) atoms. The first kappa shape index (κ1) is 23.2. The number of carbonyl (C=O) groups is 1. The van der Waals surface area contributed by atoms with Gasteiger partial charge in [0.2, 0.25) is 0 Å². The highest BCUT2D eigenvalue weighted by Gasteiger charge is 2.26. The van der Waals surface area contributed by atoms with E-state index >= 15 is 0 Å². The third-order valence-corrected chi connectivity index (χ3v) is 7.28. The normalized spacial score (nSPS) is 17.0. The molecule has 1 heterocycles. The molecule has 1 aromatic heterocycles. The fraction of sp³-hybridized carbons (Fsp3) is 0.462. The van der Waals surface area contributed by atoms with Crippen molar-refractivity contribution < 1.29 is 15.0 Å². The molecule has 0 amide bonds. The number of aliphatic hydroxyl groups excluding tert-OH is 1. The number of rotatable bonds is 11. The maximum Gasteiger partial charge on any atom is 0.345 e. The molecule has 2 aromatic rings. The zero-order chi connectivity index (χ0) is 22.2. The van der Waals surface area contributed by atoms with Gasteiger partial charge in [-0.05, 0) is 73.3 Å². The minimum absolute atomic E-state index is 0.355. The van der Waals surface area contributed by atoms with Crippen molar-refractivity contribution in [2.24, 2.45) is 5.92 Å². The summed E-state index contributed by atoms with van der Waals surface area (Å²) in [5, 5.41) is 29.1. The molecule has 4 nitrogen and oxygen atoms in total. The van der Waals surface area contributed by atoms with Gasteiger partial charge < -0.3 is 10.2 Å². The summed E-state index contributed by atoms with van der Waals surface area (Å²) in [6.07, 6.45) is 8.31. The first-order chi connectivity index (χ1) is 15.0. The number of thiophene rings is 1. The van der Waals surface area contributed by atoms with Crippen LogP contribution in [0.15, 0.2) is 42.0 Å². The number of aryl methyl sites for hydroxylation is 1. The number of aromatic carboxylic acids is 1. The monoisotopic (exact) mass is 437 g/mol. The molecule has 0 bridgehead atoms. The fourth-order valence-corrected chi connectivity index (χ4v) is 5.34. The predicted octanol–water partition coefficient (Wildman–Crippen LogP) is 6.77. The molecule has 3 rings (SSSR count). The smallest absolute Gasteiger partial charge is 0.345 e. The molecule has 0 radical (unpaired) electrons. The van der Waals surface area contributed by atoms with E-state index in [9.17, 15) is 15.2 Å². The number of unbranched alkanes of at least 4 members (excludes halogenated alkanes) is 2. The SMILES string of the molecule is CCCCC[C@@H](O)c1ccc(C2=C(C#N)CC[C@@H]2CCCc2ccc(C(=O)O)s2)cc1. The van der Waals surface area contributed by atoms with Gasteiger partial charge in [-0.3, -0.25) is 0 Å². The van der Waals surface area contributed by atoms with E-state index in [0.717, 1.165) is 84.9 Å². The number of nitrogens with zero attached hydrogens (tertiary/aromatic N) is 1. The van der Waals surface area contributed by atoms with E-state index in [4.69, 9.17) is 5.11 Å². The van der Waals surface area contributed by atoms with E-state index in [2.05, 4.69) is 25.1 Å². The van der Waals surface area contributed by atoms with E-state index in [1.54, 1.807) is 6.07 Å². The molecule has 0 spiro atoms. The highest BCUT2D eigenvalue weighted by molar-refractivity contribution is 7.13. The molecule has 2 N–H and O–H groups in total. The predicted molar refractivity (Wildman–Crippen MR) is 125 cm³/mol. The summed E-state index contributed by atoms with van der Waals surface area (Å²) in [6.45, 7) is 2.16. The lowest BCUT2D eigenvalue weighted by Gasteiger charge is -2.17. The molecule has 0 fully saturated rings. The van der Waals surface area contributed by atoms with Gasteiger partial charge in [-0.25, -0.2) is 4.79 Å². The second kappa shape index (κ2) is 11.3. The maximum atomic E-state index is 11.1. The summed E-state index contributed by atoms with van der Waals surface area (Å²) in [4.78, 5) is 12.5. The summed E-state index contributed by atoms with van der Waals surface area (Å²) >= 11 is 1.35. The Kier molecular flexibility index (Phi) is 8.45. The average molecular weight is 438 g/mol. The van der Waals surface area contributed by atoms with E-state index in [1.807, 2.05) is 18.2 Å². The van der Waals surface area contributed by atoms with Crippen molar-refractivity contribution in [3.63, 3.8) is 0 Å². The third kappa shape index (κ3) is 6.06. The van der Waals surface area contributed by atoms with Gasteiger partial charge in [0.1, 0.15) is 4.88 Å². The summed E-state index contributed by atoms with van der Waals surface area (Å²) in [5.74, 6) is -0.510. The number of aliphatic hydroxyl groups is 1. The number of carboxylic acids is 1. The quantitative estimate of drug-likeness (QED) is 0.380. The summed E-state index contributed by atoms with van der Waals surface area (Å²) in [5.41, 5.74) is 4.07. The average Bonchev–Trinajstić information content (AvgIpc) is 3.41. The highest BCUT2D eigenvalue weighted by Crippen LogP contribution is 2.41. The number of benzene rings is 1. The summed E-state index contributed by atoms with van der Waals surface area (Å²) < 4.78 is 0. The van der Waals surface area contributed by atoms with Gasteiger partial charge in [-0.1, -0.05) is 50.5 Å². The van der Waals surface area contributed by atoms with Crippen LogP contribution in [-0.4, -0.2) is 16.2 Å². The molecule has 164 valence electrons. The maximum absolute atomic E-state index is 11.1. The zero-order valence-electron chi connectivity index (χ0n) is 18.1. The lowest BCUT2D eigenvalue weighted by atomic mass is 9.88. The molecule has 1 aliphatic carbocycles. The minimum atomic E-state index is -0.866. The van der Waals surface area contributed by atoms with Crippen LogP contribution < -0.4 is 0 Å². The van der Waals surface area contributed by atoms with Crippen LogP contribution in [0.2, 0.25) is 0 Å². The van der Waals surface area contributed by atoms with Crippen LogP contribution in [0.5, 0.6) is 0 Å². The van der Waals surface area contributed by atoms with Gasteiger partial charge in [0.25, 0.3) is 0 Å². The highest BCUT2D eigenvalue weighted by atomic mass is 32.1. The van der Waals surface area contributed by atoms with Gasteiger partial charge >= 0.3 is 5.97 Å². The lowest BCUT2D eigenvalue weighted by molar-refractivity contribution is 0.0702. The van der Waals surface area contributed by atoms with E-state index in [-0.39, 0.29) is 0 Å².